The van der Waals surface area contributed by atoms with E-state index in [1.165, 1.54) is 11.3 Å². The van der Waals surface area contributed by atoms with E-state index in [9.17, 15) is 0 Å². The summed E-state index contributed by atoms with van der Waals surface area (Å²) in [6.45, 7) is 1.63. The van der Waals surface area contributed by atoms with Crippen LogP contribution in [0.1, 0.15) is 0 Å². The van der Waals surface area contributed by atoms with Crippen molar-refractivity contribution in [3.05, 3.63) is 39.7 Å². The molecule has 0 bridgehead atoms. The molecule has 0 saturated heterocycles. The van der Waals surface area contributed by atoms with Gasteiger partial charge in [-0.1, -0.05) is 23.2 Å². The maximum absolute atomic E-state index is 6.05. The topological polar surface area (TPSA) is 50.3 Å². The maximum atomic E-state index is 6.05. The standard InChI is InChI=1S/C16H16Cl2N4OS/c1-22(2)7-6-19-16-20-13-5-8-24-14(13)15(21-16)23-10-3-4-11(17)12(18)9-10/h3-5,8-9H,6-7H2,1-2H3,(H,19,20,21). The molecule has 1 aromatic carbocycles. The number of nitrogens with one attached hydrogen (secondary N) is 1. The number of aromatic nitrogens is 2. The van der Waals surface area contributed by atoms with Gasteiger partial charge in [-0.25, -0.2) is 4.98 Å². The van der Waals surface area contributed by atoms with Crippen molar-refractivity contribution in [1.82, 2.24) is 14.9 Å². The van der Waals surface area contributed by atoms with Crippen molar-refractivity contribution in [3.63, 3.8) is 0 Å². The number of ether oxygens (including phenoxy) is 1. The summed E-state index contributed by atoms with van der Waals surface area (Å²) in [4.78, 5) is 11.1. The first kappa shape index (κ1) is 17.2. The molecule has 0 aliphatic heterocycles. The van der Waals surface area contributed by atoms with Crippen LogP contribution < -0.4 is 10.1 Å². The molecule has 0 amide bonds. The summed E-state index contributed by atoms with van der Waals surface area (Å²) in [5.74, 6) is 1.62. The van der Waals surface area contributed by atoms with Crippen LogP contribution in [0.25, 0.3) is 10.2 Å². The molecule has 0 saturated carbocycles. The number of hydrogen-bond acceptors (Lipinski definition) is 6. The Balaban J connectivity index is 1.87. The smallest absolute Gasteiger partial charge is 0.242 e. The molecule has 0 aliphatic rings. The third kappa shape index (κ3) is 4.08. The molecule has 0 radical (unpaired) electrons. The van der Waals surface area contributed by atoms with Crippen LogP contribution in [-0.4, -0.2) is 42.1 Å². The molecule has 24 heavy (non-hydrogen) atoms. The van der Waals surface area contributed by atoms with Crippen LogP contribution in [-0.2, 0) is 0 Å². The number of fused-ring (bicyclic) bond motifs is 1. The number of halogens is 2. The van der Waals surface area contributed by atoms with Crippen molar-refractivity contribution >= 4 is 50.7 Å². The lowest BCUT2D eigenvalue weighted by Crippen LogP contribution is -2.21. The highest BCUT2D eigenvalue weighted by atomic mass is 35.5. The van der Waals surface area contributed by atoms with Gasteiger partial charge in [0.25, 0.3) is 0 Å². The number of likely N-dealkylation sites (N-methyl/N-ethyl adjacent to an activating group) is 1. The summed E-state index contributed by atoms with van der Waals surface area (Å²) in [7, 11) is 4.03. The van der Waals surface area contributed by atoms with Gasteiger partial charge in [0.2, 0.25) is 11.8 Å². The highest BCUT2D eigenvalue weighted by Gasteiger charge is 2.12. The molecule has 5 nitrogen and oxygen atoms in total. The third-order valence-electron chi connectivity index (χ3n) is 3.22. The Kier molecular flexibility index (Phi) is 5.40. The Morgan fingerprint density at radius 1 is 1.17 bits per heavy atom. The zero-order valence-corrected chi connectivity index (χ0v) is 15.5. The van der Waals surface area contributed by atoms with Gasteiger partial charge in [0, 0.05) is 19.2 Å². The van der Waals surface area contributed by atoms with Gasteiger partial charge < -0.3 is 15.0 Å². The van der Waals surface area contributed by atoms with E-state index in [2.05, 4.69) is 20.2 Å². The average molecular weight is 383 g/mol. The van der Waals surface area contributed by atoms with E-state index in [-0.39, 0.29) is 0 Å². The SMILES string of the molecule is CN(C)CCNc1nc(Oc2ccc(Cl)c(Cl)c2)c2sccc2n1. The van der Waals surface area contributed by atoms with Crippen molar-refractivity contribution in [2.45, 2.75) is 0 Å². The Bertz CT molecular complexity index is 853. The Morgan fingerprint density at radius 2 is 2.00 bits per heavy atom. The third-order valence-corrected chi connectivity index (χ3v) is 4.85. The fourth-order valence-electron chi connectivity index (χ4n) is 2.03. The minimum absolute atomic E-state index is 0.440. The average Bonchev–Trinajstić information content (AvgIpc) is 2.99. The van der Waals surface area contributed by atoms with E-state index in [4.69, 9.17) is 27.9 Å². The van der Waals surface area contributed by atoms with Crippen LogP contribution in [0, 0.1) is 0 Å². The fraction of sp³-hybridized carbons (Fsp3) is 0.250. The van der Waals surface area contributed by atoms with Crippen molar-refractivity contribution in [1.29, 1.82) is 0 Å². The van der Waals surface area contributed by atoms with Crippen LogP contribution in [0.3, 0.4) is 0 Å². The molecule has 1 N–H and O–H groups in total. The number of benzene rings is 1. The van der Waals surface area contributed by atoms with E-state index < -0.39 is 0 Å². The molecule has 126 valence electrons. The van der Waals surface area contributed by atoms with Gasteiger partial charge in [0.05, 0.1) is 15.6 Å². The van der Waals surface area contributed by atoms with E-state index in [1.807, 2.05) is 25.5 Å². The van der Waals surface area contributed by atoms with Gasteiger partial charge in [0.1, 0.15) is 10.4 Å². The van der Waals surface area contributed by atoms with Crippen LogP contribution in [0.5, 0.6) is 11.6 Å². The molecule has 0 atom stereocenters. The van der Waals surface area contributed by atoms with E-state index in [1.54, 1.807) is 18.2 Å². The summed E-state index contributed by atoms with van der Waals surface area (Å²) >= 11 is 13.5. The summed E-state index contributed by atoms with van der Waals surface area (Å²) < 4.78 is 6.81. The van der Waals surface area contributed by atoms with Crippen LogP contribution in [0.2, 0.25) is 10.0 Å². The molecule has 3 rings (SSSR count). The van der Waals surface area contributed by atoms with Crippen molar-refractivity contribution in [3.8, 4) is 11.6 Å². The number of rotatable bonds is 6. The fourth-order valence-corrected chi connectivity index (χ4v) is 3.07. The molecule has 3 aromatic rings. The Morgan fingerprint density at radius 3 is 2.75 bits per heavy atom. The van der Waals surface area contributed by atoms with E-state index in [0.717, 1.165) is 23.3 Å². The van der Waals surface area contributed by atoms with Gasteiger partial charge in [-0.05, 0) is 37.7 Å². The Hall–Kier alpha value is -1.60. The molecular formula is C16H16Cl2N4OS. The zero-order chi connectivity index (χ0) is 17.1. The summed E-state index contributed by atoms with van der Waals surface area (Å²) in [5, 5.41) is 6.11. The second-order valence-corrected chi connectivity index (χ2v) is 7.13. The molecule has 8 heteroatoms. The number of nitrogens with zero attached hydrogens (tertiary/aromatic N) is 3. The lowest BCUT2D eigenvalue weighted by molar-refractivity contribution is 0.424. The highest BCUT2D eigenvalue weighted by molar-refractivity contribution is 7.17. The van der Waals surface area contributed by atoms with E-state index >= 15 is 0 Å². The number of thiophene rings is 1. The first-order valence-corrected chi connectivity index (χ1v) is 8.93. The monoisotopic (exact) mass is 382 g/mol. The zero-order valence-electron chi connectivity index (χ0n) is 13.2. The maximum Gasteiger partial charge on any atom is 0.242 e. The minimum atomic E-state index is 0.440. The predicted molar refractivity (Wildman–Crippen MR) is 101 cm³/mol. The van der Waals surface area contributed by atoms with Crippen LogP contribution >= 0.6 is 34.5 Å². The molecule has 2 heterocycles. The van der Waals surface area contributed by atoms with Gasteiger partial charge >= 0.3 is 0 Å². The van der Waals surface area contributed by atoms with Crippen molar-refractivity contribution in [2.75, 3.05) is 32.5 Å². The molecule has 0 fully saturated rings. The summed E-state index contributed by atoms with van der Waals surface area (Å²) in [5.41, 5.74) is 0.845. The molecule has 0 aliphatic carbocycles. The first-order valence-electron chi connectivity index (χ1n) is 7.29. The summed E-state index contributed by atoms with van der Waals surface area (Å²) in [6.07, 6.45) is 0. The normalized spacial score (nSPS) is 11.2. The van der Waals surface area contributed by atoms with Gasteiger partial charge in [-0.15, -0.1) is 11.3 Å². The largest absolute Gasteiger partial charge is 0.437 e. The number of anilines is 1. The van der Waals surface area contributed by atoms with Crippen molar-refractivity contribution in [2.24, 2.45) is 0 Å². The second kappa shape index (κ2) is 7.53. The minimum Gasteiger partial charge on any atom is -0.437 e. The Labute approximate surface area is 154 Å². The van der Waals surface area contributed by atoms with E-state index in [0.29, 0.717) is 27.6 Å². The van der Waals surface area contributed by atoms with Gasteiger partial charge in [-0.2, -0.15) is 4.98 Å². The lowest BCUT2D eigenvalue weighted by atomic mass is 10.3. The predicted octanol–water partition coefficient (Wildman–Crippen LogP) is 4.76. The molecular weight excluding hydrogens is 367 g/mol. The number of hydrogen-bond donors (Lipinski definition) is 1. The summed E-state index contributed by atoms with van der Waals surface area (Å²) in [6, 6.07) is 7.07. The van der Waals surface area contributed by atoms with Crippen LogP contribution in [0.15, 0.2) is 29.6 Å². The quantitative estimate of drug-likeness (QED) is 0.665. The highest BCUT2D eigenvalue weighted by Crippen LogP contribution is 2.34. The first-order chi connectivity index (χ1) is 11.5. The van der Waals surface area contributed by atoms with Gasteiger partial charge in [0.15, 0.2) is 0 Å². The van der Waals surface area contributed by atoms with Gasteiger partial charge in [-0.3, -0.25) is 0 Å². The van der Waals surface area contributed by atoms with Crippen molar-refractivity contribution < 1.29 is 4.74 Å². The molecule has 0 spiro atoms. The molecule has 0 unspecified atom stereocenters. The molecule has 2 aromatic heterocycles. The lowest BCUT2D eigenvalue weighted by Gasteiger charge is -2.12. The van der Waals surface area contributed by atoms with Crippen LogP contribution in [0.4, 0.5) is 5.95 Å². The second-order valence-electron chi connectivity index (χ2n) is 5.40.